The molecular weight excluding hydrogens is 268 g/mol. The molecule has 1 amide bonds. The summed E-state index contributed by atoms with van der Waals surface area (Å²) in [6, 6.07) is 5.28. The minimum absolute atomic E-state index is 0. The lowest BCUT2D eigenvalue weighted by atomic mass is 10.1. The van der Waals surface area contributed by atoms with Gasteiger partial charge in [-0.05, 0) is 31.5 Å². The maximum absolute atomic E-state index is 11.9. The third-order valence-electron chi connectivity index (χ3n) is 2.69. The quantitative estimate of drug-likeness (QED) is 0.876. The number of fused-ring (bicyclic) bond motifs is 1. The second-order valence-electron chi connectivity index (χ2n) is 4.38. The smallest absolute Gasteiger partial charge is 0.251 e. The number of ether oxygens (including phenoxy) is 2. The number of amides is 1. The molecule has 0 saturated carbocycles. The molecule has 3 N–H and O–H groups in total. The van der Waals surface area contributed by atoms with Gasteiger partial charge in [-0.15, -0.1) is 12.4 Å². The van der Waals surface area contributed by atoms with Crippen molar-refractivity contribution in [3.63, 3.8) is 0 Å². The molecule has 0 radical (unpaired) electrons. The number of hydrogen-bond acceptors (Lipinski definition) is 4. The Balaban J connectivity index is 0.00000180. The molecule has 0 aromatic heterocycles. The van der Waals surface area contributed by atoms with Crippen molar-refractivity contribution in [1.29, 1.82) is 0 Å². The van der Waals surface area contributed by atoms with Crippen molar-refractivity contribution in [1.82, 2.24) is 5.32 Å². The molecule has 0 aliphatic carbocycles. The molecule has 1 heterocycles. The summed E-state index contributed by atoms with van der Waals surface area (Å²) in [4.78, 5) is 11.9. The van der Waals surface area contributed by atoms with E-state index >= 15 is 0 Å². The van der Waals surface area contributed by atoms with Crippen LogP contribution < -0.4 is 20.5 Å². The predicted octanol–water partition coefficient (Wildman–Crippen LogP) is 1.35. The monoisotopic (exact) mass is 286 g/mol. The van der Waals surface area contributed by atoms with E-state index in [2.05, 4.69) is 5.32 Å². The summed E-state index contributed by atoms with van der Waals surface area (Å²) >= 11 is 0. The topological polar surface area (TPSA) is 73.6 Å². The first kappa shape index (κ1) is 15.6. The first-order valence-electron chi connectivity index (χ1n) is 6.10. The lowest BCUT2D eigenvalue weighted by molar-refractivity contribution is 0.0951. The van der Waals surface area contributed by atoms with Crippen molar-refractivity contribution in [2.45, 2.75) is 19.4 Å². The van der Waals surface area contributed by atoms with Gasteiger partial charge in [-0.3, -0.25) is 4.79 Å². The number of benzene rings is 1. The van der Waals surface area contributed by atoms with Crippen LogP contribution in [0, 0.1) is 0 Å². The van der Waals surface area contributed by atoms with Crippen LogP contribution in [0.25, 0.3) is 0 Å². The molecule has 1 atom stereocenters. The van der Waals surface area contributed by atoms with E-state index in [0.29, 0.717) is 36.8 Å². The summed E-state index contributed by atoms with van der Waals surface area (Å²) in [6.07, 6.45) is 0.760. The minimum Gasteiger partial charge on any atom is -0.486 e. The van der Waals surface area contributed by atoms with Gasteiger partial charge in [-0.2, -0.15) is 0 Å². The number of nitrogens with one attached hydrogen (secondary N) is 1. The lowest BCUT2D eigenvalue weighted by Crippen LogP contribution is -2.29. The van der Waals surface area contributed by atoms with Crippen LogP contribution in [0.4, 0.5) is 0 Å². The third kappa shape index (κ3) is 4.29. The SMILES string of the molecule is CC(N)CCNC(=O)c1ccc2c(c1)OCCO2.Cl. The maximum atomic E-state index is 11.9. The van der Waals surface area contributed by atoms with Gasteiger partial charge in [0.2, 0.25) is 0 Å². The molecule has 2 rings (SSSR count). The third-order valence-corrected chi connectivity index (χ3v) is 2.69. The number of nitrogens with two attached hydrogens (primary N) is 1. The highest BCUT2D eigenvalue weighted by atomic mass is 35.5. The predicted molar refractivity (Wildman–Crippen MR) is 75.3 cm³/mol. The Labute approximate surface area is 118 Å². The van der Waals surface area contributed by atoms with Crippen LogP contribution in [0.5, 0.6) is 11.5 Å². The highest BCUT2D eigenvalue weighted by Gasteiger charge is 2.14. The van der Waals surface area contributed by atoms with E-state index < -0.39 is 0 Å². The van der Waals surface area contributed by atoms with Crippen molar-refractivity contribution >= 4 is 18.3 Å². The largest absolute Gasteiger partial charge is 0.486 e. The zero-order valence-electron chi connectivity index (χ0n) is 10.8. The minimum atomic E-state index is -0.118. The molecule has 1 aromatic carbocycles. The Kier molecular flexibility index (Phi) is 5.92. The van der Waals surface area contributed by atoms with Crippen LogP contribution in [0.1, 0.15) is 23.7 Å². The molecule has 0 fully saturated rings. The van der Waals surface area contributed by atoms with Crippen molar-refractivity contribution in [2.75, 3.05) is 19.8 Å². The molecule has 0 spiro atoms. The lowest BCUT2D eigenvalue weighted by Gasteiger charge is -2.18. The summed E-state index contributed by atoms with van der Waals surface area (Å²) in [5, 5.41) is 2.82. The van der Waals surface area contributed by atoms with Crippen molar-refractivity contribution in [3.8, 4) is 11.5 Å². The molecule has 1 aromatic rings. The molecule has 106 valence electrons. The fourth-order valence-corrected chi connectivity index (χ4v) is 1.70. The molecule has 19 heavy (non-hydrogen) atoms. The molecule has 0 saturated heterocycles. The molecule has 1 aliphatic rings. The van der Waals surface area contributed by atoms with E-state index in [-0.39, 0.29) is 24.4 Å². The maximum Gasteiger partial charge on any atom is 0.251 e. The number of rotatable bonds is 4. The summed E-state index contributed by atoms with van der Waals surface area (Å²) in [7, 11) is 0. The molecule has 5 nitrogen and oxygen atoms in total. The van der Waals surface area contributed by atoms with Crippen molar-refractivity contribution in [2.24, 2.45) is 5.73 Å². The number of carbonyl (C=O) groups excluding carboxylic acids is 1. The summed E-state index contributed by atoms with van der Waals surface area (Å²) in [6.45, 7) is 3.55. The molecule has 1 aliphatic heterocycles. The number of carbonyl (C=O) groups is 1. The average molecular weight is 287 g/mol. The highest BCUT2D eigenvalue weighted by molar-refractivity contribution is 5.94. The number of hydrogen-bond donors (Lipinski definition) is 2. The zero-order chi connectivity index (χ0) is 13.0. The summed E-state index contributed by atoms with van der Waals surface area (Å²) < 4.78 is 10.8. The zero-order valence-corrected chi connectivity index (χ0v) is 11.7. The van der Waals surface area contributed by atoms with Gasteiger partial charge in [0.25, 0.3) is 5.91 Å². The Morgan fingerprint density at radius 1 is 1.37 bits per heavy atom. The van der Waals surface area contributed by atoms with E-state index in [1.165, 1.54) is 0 Å². The second kappa shape index (κ2) is 7.21. The highest BCUT2D eigenvalue weighted by Crippen LogP contribution is 2.30. The van der Waals surface area contributed by atoms with E-state index in [1.54, 1.807) is 18.2 Å². The second-order valence-corrected chi connectivity index (χ2v) is 4.38. The Bertz CT molecular complexity index is 438. The van der Waals surface area contributed by atoms with Crippen LogP contribution in [0.3, 0.4) is 0 Å². The van der Waals surface area contributed by atoms with Gasteiger partial charge in [0.15, 0.2) is 11.5 Å². The molecule has 6 heteroatoms. The van der Waals surface area contributed by atoms with Crippen LogP contribution in [0.2, 0.25) is 0 Å². The van der Waals surface area contributed by atoms with Crippen LogP contribution in [0.15, 0.2) is 18.2 Å². The summed E-state index contributed by atoms with van der Waals surface area (Å²) in [5.41, 5.74) is 6.19. The number of halogens is 1. The van der Waals surface area contributed by atoms with Gasteiger partial charge in [0, 0.05) is 18.2 Å². The van der Waals surface area contributed by atoms with E-state index in [4.69, 9.17) is 15.2 Å². The normalized spacial score (nSPS) is 14.2. The van der Waals surface area contributed by atoms with Crippen LogP contribution >= 0.6 is 12.4 Å². The first-order valence-corrected chi connectivity index (χ1v) is 6.10. The first-order chi connectivity index (χ1) is 8.66. The van der Waals surface area contributed by atoms with Crippen molar-refractivity contribution in [3.05, 3.63) is 23.8 Å². The van der Waals surface area contributed by atoms with Crippen LogP contribution in [-0.2, 0) is 0 Å². The Hall–Kier alpha value is -1.46. The van der Waals surface area contributed by atoms with E-state index in [9.17, 15) is 4.79 Å². The molecule has 0 bridgehead atoms. The van der Waals surface area contributed by atoms with Gasteiger partial charge < -0.3 is 20.5 Å². The van der Waals surface area contributed by atoms with Gasteiger partial charge in [0.05, 0.1) is 0 Å². The van der Waals surface area contributed by atoms with Gasteiger partial charge in [-0.1, -0.05) is 0 Å². The van der Waals surface area contributed by atoms with E-state index in [1.807, 2.05) is 6.92 Å². The standard InChI is InChI=1S/C13H18N2O3.ClH/c1-9(14)4-5-15-13(16)10-2-3-11-12(8-10)18-7-6-17-11;/h2-3,8-9H,4-7,14H2,1H3,(H,15,16);1H. The Morgan fingerprint density at radius 2 is 2.05 bits per heavy atom. The van der Waals surface area contributed by atoms with Gasteiger partial charge in [0.1, 0.15) is 13.2 Å². The van der Waals surface area contributed by atoms with Crippen LogP contribution in [-0.4, -0.2) is 31.7 Å². The van der Waals surface area contributed by atoms with Gasteiger partial charge in [-0.25, -0.2) is 0 Å². The molecular formula is C13H19ClN2O3. The van der Waals surface area contributed by atoms with Gasteiger partial charge >= 0.3 is 0 Å². The fraction of sp³-hybridized carbons (Fsp3) is 0.462. The van der Waals surface area contributed by atoms with Crippen molar-refractivity contribution < 1.29 is 14.3 Å². The Morgan fingerprint density at radius 3 is 2.74 bits per heavy atom. The fourth-order valence-electron chi connectivity index (χ4n) is 1.70. The summed E-state index contributed by atoms with van der Waals surface area (Å²) in [5.74, 6) is 1.20. The average Bonchev–Trinajstić information content (AvgIpc) is 2.37. The molecule has 1 unspecified atom stereocenters. The van der Waals surface area contributed by atoms with E-state index in [0.717, 1.165) is 6.42 Å².